The molecular weight excluding hydrogens is 208 g/mol. The standard InChI is InChI=1S/C16H22O/c1-4-5-6-7-10-15-11-8-9-12-16(15)17-13-14(2)3/h8-9,11-12,14H,4,7,10,13H2,1-3H3. The normalized spacial score (nSPS) is 9.88. The minimum atomic E-state index is 0.558. The Labute approximate surface area is 105 Å². The maximum Gasteiger partial charge on any atom is 0.122 e. The highest BCUT2D eigenvalue weighted by Gasteiger charge is 2.03. The van der Waals surface area contributed by atoms with Crippen LogP contribution in [0.4, 0.5) is 0 Å². The zero-order valence-corrected chi connectivity index (χ0v) is 11.1. The van der Waals surface area contributed by atoms with Crippen LogP contribution >= 0.6 is 0 Å². The van der Waals surface area contributed by atoms with E-state index in [0.29, 0.717) is 5.92 Å². The van der Waals surface area contributed by atoms with E-state index in [1.165, 1.54) is 5.56 Å². The van der Waals surface area contributed by atoms with E-state index in [9.17, 15) is 0 Å². The highest BCUT2D eigenvalue weighted by molar-refractivity contribution is 5.33. The molecule has 0 unspecified atom stereocenters. The van der Waals surface area contributed by atoms with Gasteiger partial charge < -0.3 is 4.74 Å². The molecule has 0 saturated heterocycles. The second-order valence-corrected chi connectivity index (χ2v) is 4.52. The number of aryl methyl sites for hydroxylation is 1. The summed E-state index contributed by atoms with van der Waals surface area (Å²) in [4.78, 5) is 0. The number of benzene rings is 1. The van der Waals surface area contributed by atoms with Gasteiger partial charge in [0, 0.05) is 12.8 Å². The zero-order chi connectivity index (χ0) is 12.5. The summed E-state index contributed by atoms with van der Waals surface area (Å²) in [6.07, 6.45) is 2.82. The highest BCUT2D eigenvalue weighted by Crippen LogP contribution is 2.20. The Morgan fingerprint density at radius 1 is 1.18 bits per heavy atom. The number of para-hydroxylation sites is 1. The quantitative estimate of drug-likeness (QED) is 0.693. The van der Waals surface area contributed by atoms with Gasteiger partial charge in [0.05, 0.1) is 6.61 Å². The minimum absolute atomic E-state index is 0.558. The molecule has 1 aromatic rings. The maximum absolute atomic E-state index is 5.81. The molecule has 0 aliphatic rings. The van der Waals surface area contributed by atoms with Crippen LogP contribution in [0.5, 0.6) is 5.75 Å². The smallest absolute Gasteiger partial charge is 0.122 e. The molecule has 0 aliphatic carbocycles. The molecule has 0 heterocycles. The fourth-order valence-electron chi connectivity index (χ4n) is 1.52. The summed E-state index contributed by atoms with van der Waals surface area (Å²) >= 11 is 0. The van der Waals surface area contributed by atoms with Crippen LogP contribution in [-0.2, 0) is 6.42 Å². The lowest BCUT2D eigenvalue weighted by Crippen LogP contribution is -2.06. The van der Waals surface area contributed by atoms with Crippen molar-refractivity contribution in [1.82, 2.24) is 0 Å². The summed E-state index contributed by atoms with van der Waals surface area (Å²) in [5, 5.41) is 0. The van der Waals surface area contributed by atoms with Crippen LogP contribution in [0.25, 0.3) is 0 Å². The predicted octanol–water partition coefficient (Wildman–Crippen LogP) is 4.07. The molecule has 0 radical (unpaired) electrons. The zero-order valence-electron chi connectivity index (χ0n) is 11.1. The van der Waals surface area contributed by atoms with Gasteiger partial charge in [-0.15, -0.1) is 11.8 Å². The molecule has 0 fully saturated rings. The topological polar surface area (TPSA) is 9.23 Å². The largest absolute Gasteiger partial charge is 0.493 e. The van der Waals surface area contributed by atoms with E-state index in [1.54, 1.807) is 0 Å². The van der Waals surface area contributed by atoms with Crippen LogP contribution in [0, 0.1) is 17.8 Å². The third kappa shape index (κ3) is 5.45. The lowest BCUT2D eigenvalue weighted by molar-refractivity contribution is 0.268. The summed E-state index contributed by atoms with van der Waals surface area (Å²) in [6, 6.07) is 8.26. The van der Waals surface area contributed by atoms with Crippen molar-refractivity contribution in [2.24, 2.45) is 5.92 Å². The van der Waals surface area contributed by atoms with Crippen LogP contribution in [0.15, 0.2) is 24.3 Å². The summed E-state index contributed by atoms with van der Waals surface area (Å²) in [5.41, 5.74) is 1.26. The van der Waals surface area contributed by atoms with Crippen LogP contribution in [-0.4, -0.2) is 6.61 Å². The van der Waals surface area contributed by atoms with Crippen LogP contribution in [0.2, 0.25) is 0 Å². The van der Waals surface area contributed by atoms with Gasteiger partial charge in [0.25, 0.3) is 0 Å². The Balaban J connectivity index is 2.57. The lowest BCUT2D eigenvalue weighted by Gasteiger charge is -2.12. The first-order chi connectivity index (χ1) is 8.24. The van der Waals surface area contributed by atoms with Gasteiger partial charge in [0.15, 0.2) is 0 Å². The molecule has 0 N–H and O–H groups in total. The van der Waals surface area contributed by atoms with Crippen molar-refractivity contribution in [2.45, 2.75) is 40.0 Å². The van der Waals surface area contributed by atoms with E-state index in [0.717, 1.165) is 31.6 Å². The van der Waals surface area contributed by atoms with Crippen molar-refractivity contribution in [3.63, 3.8) is 0 Å². The van der Waals surface area contributed by atoms with E-state index in [4.69, 9.17) is 4.74 Å². The molecular formula is C16H22O. The van der Waals surface area contributed by atoms with E-state index in [1.807, 2.05) is 12.1 Å². The maximum atomic E-state index is 5.81. The van der Waals surface area contributed by atoms with Gasteiger partial charge in [-0.2, -0.15) is 0 Å². The Kier molecular flexibility index (Phi) is 6.25. The second kappa shape index (κ2) is 7.79. The number of hydrogen-bond acceptors (Lipinski definition) is 1. The van der Waals surface area contributed by atoms with E-state index >= 15 is 0 Å². The summed E-state index contributed by atoms with van der Waals surface area (Å²) in [5.74, 6) is 7.84. The van der Waals surface area contributed by atoms with E-state index in [2.05, 4.69) is 44.7 Å². The predicted molar refractivity (Wildman–Crippen MR) is 73.2 cm³/mol. The van der Waals surface area contributed by atoms with Crippen molar-refractivity contribution < 1.29 is 4.74 Å². The first kappa shape index (κ1) is 13.6. The SMILES string of the molecule is CCC#CCCc1ccccc1OCC(C)C. The molecule has 17 heavy (non-hydrogen) atoms. The fraction of sp³-hybridized carbons (Fsp3) is 0.500. The summed E-state index contributed by atoms with van der Waals surface area (Å²) in [6.45, 7) is 7.18. The van der Waals surface area contributed by atoms with Crippen molar-refractivity contribution in [2.75, 3.05) is 6.61 Å². The van der Waals surface area contributed by atoms with Crippen LogP contribution in [0.3, 0.4) is 0 Å². The number of rotatable bonds is 5. The molecule has 0 saturated carbocycles. The average molecular weight is 230 g/mol. The Morgan fingerprint density at radius 3 is 2.65 bits per heavy atom. The molecule has 0 bridgehead atoms. The molecule has 0 amide bonds. The Bertz CT molecular complexity index is 382. The molecule has 1 rings (SSSR count). The van der Waals surface area contributed by atoms with E-state index in [-0.39, 0.29) is 0 Å². The van der Waals surface area contributed by atoms with Gasteiger partial charge in [0.2, 0.25) is 0 Å². The molecule has 0 aromatic heterocycles. The van der Waals surface area contributed by atoms with Gasteiger partial charge in [-0.3, -0.25) is 0 Å². The summed E-state index contributed by atoms with van der Waals surface area (Å²) in [7, 11) is 0. The average Bonchev–Trinajstić information content (AvgIpc) is 2.33. The molecule has 0 spiro atoms. The van der Waals surface area contributed by atoms with Gasteiger partial charge in [-0.25, -0.2) is 0 Å². The van der Waals surface area contributed by atoms with E-state index < -0.39 is 0 Å². The van der Waals surface area contributed by atoms with Crippen LogP contribution < -0.4 is 4.74 Å². The second-order valence-electron chi connectivity index (χ2n) is 4.52. The minimum Gasteiger partial charge on any atom is -0.493 e. The molecule has 1 heteroatoms. The lowest BCUT2D eigenvalue weighted by atomic mass is 10.1. The molecule has 0 atom stereocenters. The molecule has 0 aliphatic heterocycles. The molecule has 1 nitrogen and oxygen atoms in total. The monoisotopic (exact) mass is 230 g/mol. The third-order valence-electron chi connectivity index (χ3n) is 2.37. The van der Waals surface area contributed by atoms with Crippen molar-refractivity contribution >= 4 is 0 Å². The number of hydrogen-bond donors (Lipinski definition) is 0. The van der Waals surface area contributed by atoms with Gasteiger partial charge in [-0.05, 0) is 24.0 Å². The third-order valence-corrected chi connectivity index (χ3v) is 2.37. The van der Waals surface area contributed by atoms with Gasteiger partial charge >= 0.3 is 0 Å². The molecule has 92 valence electrons. The molecule has 1 aromatic carbocycles. The van der Waals surface area contributed by atoms with Crippen LogP contribution in [0.1, 0.15) is 39.2 Å². The highest BCUT2D eigenvalue weighted by atomic mass is 16.5. The van der Waals surface area contributed by atoms with Gasteiger partial charge in [0.1, 0.15) is 5.75 Å². The first-order valence-electron chi connectivity index (χ1n) is 6.40. The first-order valence-corrected chi connectivity index (χ1v) is 6.40. The van der Waals surface area contributed by atoms with Crippen molar-refractivity contribution in [1.29, 1.82) is 0 Å². The Morgan fingerprint density at radius 2 is 1.94 bits per heavy atom. The Hall–Kier alpha value is -1.42. The van der Waals surface area contributed by atoms with Gasteiger partial charge in [-0.1, -0.05) is 39.0 Å². The van der Waals surface area contributed by atoms with Crippen molar-refractivity contribution in [3.05, 3.63) is 29.8 Å². The number of ether oxygens (including phenoxy) is 1. The summed E-state index contributed by atoms with van der Waals surface area (Å²) < 4.78 is 5.81. The fourth-order valence-corrected chi connectivity index (χ4v) is 1.52. The van der Waals surface area contributed by atoms with Crippen molar-refractivity contribution in [3.8, 4) is 17.6 Å².